The number of piperidine rings is 1. The molecule has 3 aromatic rings. The van der Waals surface area contributed by atoms with E-state index in [9.17, 15) is 15.0 Å². The number of hydrogen-bond donors (Lipinski definition) is 3. The summed E-state index contributed by atoms with van der Waals surface area (Å²) in [4.78, 5) is 17.0. The summed E-state index contributed by atoms with van der Waals surface area (Å²) < 4.78 is 0. The molecule has 5 nitrogen and oxygen atoms in total. The van der Waals surface area contributed by atoms with E-state index in [0.717, 1.165) is 49.8 Å². The summed E-state index contributed by atoms with van der Waals surface area (Å²) in [5.41, 5.74) is 3.77. The molecular weight excluding hydrogens is 364 g/mol. The molecule has 0 spiro atoms. The summed E-state index contributed by atoms with van der Waals surface area (Å²) in [7, 11) is 0. The Morgan fingerprint density at radius 2 is 2.07 bits per heavy atom. The van der Waals surface area contributed by atoms with Crippen molar-refractivity contribution in [1.29, 1.82) is 0 Å². The highest BCUT2D eigenvalue weighted by Gasteiger charge is 2.21. The SMILES string of the molecule is O=C(O)c1ccc2[nH]cc(CCCCN3CCCC(c4cccc(O)c4)C3)c2c1. The van der Waals surface area contributed by atoms with Crippen molar-refractivity contribution in [2.24, 2.45) is 0 Å². The molecule has 2 aromatic carbocycles. The topological polar surface area (TPSA) is 76.6 Å². The number of hydrogen-bond acceptors (Lipinski definition) is 3. The Kier molecular flexibility index (Phi) is 5.86. The first-order valence-corrected chi connectivity index (χ1v) is 10.4. The molecule has 1 saturated heterocycles. The predicted molar refractivity (Wildman–Crippen MR) is 115 cm³/mol. The number of aromatic hydroxyl groups is 1. The molecule has 29 heavy (non-hydrogen) atoms. The average Bonchev–Trinajstić information content (AvgIpc) is 3.13. The van der Waals surface area contributed by atoms with Crippen molar-refractivity contribution in [3.8, 4) is 5.75 Å². The Morgan fingerprint density at radius 1 is 1.17 bits per heavy atom. The van der Waals surface area contributed by atoms with E-state index < -0.39 is 5.97 Å². The van der Waals surface area contributed by atoms with E-state index in [1.54, 1.807) is 18.2 Å². The van der Waals surface area contributed by atoms with Crippen LogP contribution in [0.25, 0.3) is 10.9 Å². The number of aromatic nitrogens is 1. The largest absolute Gasteiger partial charge is 0.508 e. The maximum atomic E-state index is 11.2. The lowest BCUT2D eigenvalue weighted by molar-refractivity contribution is 0.0697. The van der Waals surface area contributed by atoms with Gasteiger partial charge in [-0.15, -0.1) is 0 Å². The van der Waals surface area contributed by atoms with Crippen LogP contribution in [0, 0.1) is 0 Å². The van der Waals surface area contributed by atoms with Crippen LogP contribution >= 0.6 is 0 Å². The molecule has 1 aliphatic heterocycles. The van der Waals surface area contributed by atoms with Crippen molar-refractivity contribution in [2.75, 3.05) is 19.6 Å². The number of phenolic OH excluding ortho intramolecular Hbond substituents is 1. The molecule has 5 heteroatoms. The van der Waals surface area contributed by atoms with E-state index >= 15 is 0 Å². The second-order valence-corrected chi connectivity index (χ2v) is 8.07. The van der Waals surface area contributed by atoms with Gasteiger partial charge in [-0.25, -0.2) is 4.79 Å². The molecule has 0 amide bonds. The quantitative estimate of drug-likeness (QED) is 0.506. The summed E-state index contributed by atoms with van der Waals surface area (Å²) in [6.45, 7) is 3.28. The molecule has 1 atom stereocenters. The van der Waals surface area contributed by atoms with Crippen LogP contribution in [0.5, 0.6) is 5.75 Å². The van der Waals surface area contributed by atoms with Crippen LogP contribution in [0.3, 0.4) is 0 Å². The molecule has 0 aliphatic carbocycles. The first-order valence-electron chi connectivity index (χ1n) is 10.4. The van der Waals surface area contributed by atoms with Gasteiger partial charge in [0.05, 0.1) is 5.56 Å². The zero-order chi connectivity index (χ0) is 20.2. The molecule has 4 rings (SSSR count). The molecule has 0 saturated carbocycles. The Labute approximate surface area is 171 Å². The van der Waals surface area contributed by atoms with Gasteiger partial charge >= 0.3 is 5.97 Å². The minimum Gasteiger partial charge on any atom is -0.508 e. The van der Waals surface area contributed by atoms with Crippen molar-refractivity contribution in [3.63, 3.8) is 0 Å². The third-order valence-corrected chi connectivity index (χ3v) is 6.03. The summed E-state index contributed by atoms with van der Waals surface area (Å²) in [5, 5.41) is 20.0. The number of nitrogens with one attached hydrogen (secondary N) is 1. The molecule has 2 heterocycles. The fraction of sp³-hybridized carbons (Fsp3) is 0.375. The second-order valence-electron chi connectivity index (χ2n) is 8.07. The number of rotatable bonds is 7. The van der Waals surface area contributed by atoms with Gasteiger partial charge in [-0.05, 0) is 92.6 Å². The maximum absolute atomic E-state index is 11.2. The number of likely N-dealkylation sites (tertiary alicyclic amines) is 1. The lowest BCUT2D eigenvalue weighted by Gasteiger charge is -2.33. The lowest BCUT2D eigenvalue weighted by atomic mass is 9.90. The van der Waals surface area contributed by atoms with Crippen LogP contribution in [0.2, 0.25) is 0 Å². The highest BCUT2D eigenvalue weighted by Crippen LogP contribution is 2.29. The second kappa shape index (κ2) is 8.70. The van der Waals surface area contributed by atoms with Gasteiger partial charge in [-0.3, -0.25) is 0 Å². The monoisotopic (exact) mass is 392 g/mol. The Bertz CT molecular complexity index is 995. The van der Waals surface area contributed by atoms with E-state index in [1.807, 2.05) is 24.4 Å². The van der Waals surface area contributed by atoms with Gasteiger partial charge in [0.2, 0.25) is 0 Å². The number of benzene rings is 2. The van der Waals surface area contributed by atoms with Crippen molar-refractivity contribution in [2.45, 2.75) is 38.0 Å². The maximum Gasteiger partial charge on any atom is 0.335 e. The average molecular weight is 392 g/mol. The summed E-state index contributed by atoms with van der Waals surface area (Å²) >= 11 is 0. The zero-order valence-corrected chi connectivity index (χ0v) is 16.6. The third kappa shape index (κ3) is 4.62. The normalized spacial score (nSPS) is 17.6. The first kappa shape index (κ1) is 19.5. The number of aromatic amines is 1. The van der Waals surface area contributed by atoms with Crippen molar-refractivity contribution < 1.29 is 15.0 Å². The standard InChI is InChI=1S/C24H28N2O3/c27-21-8-3-6-17(13-21)20-7-4-12-26(16-20)11-2-1-5-19-15-25-23-10-9-18(24(28)29)14-22(19)23/h3,6,8-10,13-15,20,25,27H,1-2,4-5,7,11-12,16H2,(H,28,29). The van der Waals surface area contributed by atoms with Crippen molar-refractivity contribution in [3.05, 3.63) is 65.4 Å². The lowest BCUT2D eigenvalue weighted by Crippen LogP contribution is -2.35. The van der Waals surface area contributed by atoms with E-state index in [0.29, 0.717) is 17.2 Å². The Morgan fingerprint density at radius 3 is 2.90 bits per heavy atom. The van der Waals surface area contributed by atoms with Crippen LogP contribution in [0.1, 0.15) is 53.1 Å². The minimum atomic E-state index is -0.884. The fourth-order valence-corrected chi connectivity index (χ4v) is 4.48. The van der Waals surface area contributed by atoms with Gasteiger partial charge in [0, 0.05) is 23.6 Å². The molecular formula is C24H28N2O3. The smallest absolute Gasteiger partial charge is 0.335 e. The summed E-state index contributed by atoms with van der Waals surface area (Å²) in [6.07, 6.45) is 7.54. The van der Waals surface area contributed by atoms with Crippen LogP contribution < -0.4 is 0 Å². The number of carboxylic acids is 1. The van der Waals surface area contributed by atoms with E-state index in [2.05, 4.69) is 16.0 Å². The number of fused-ring (bicyclic) bond motifs is 1. The third-order valence-electron chi connectivity index (χ3n) is 6.03. The van der Waals surface area contributed by atoms with Crippen LogP contribution in [0.15, 0.2) is 48.7 Å². The molecule has 1 unspecified atom stereocenters. The van der Waals surface area contributed by atoms with Gasteiger partial charge in [-0.2, -0.15) is 0 Å². The van der Waals surface area contributed by atoms with E-state index in [4.69, 9.17) is 0 Å². The number of H-pyrrole nitrogens is 1. The fourth-order valence-electron chi connectivity index (χ4n) is 4.48. The Hall–Kier alpha value is -2.79. The first-order chi connectivity index (χ1) is 14.1. The molecule has 0 bridgehead atoms. The highest BCUT2D eigenvalue weighted by molar-refractivity contribution is 5.94. The van der Waals surface area contributed by atoms with E-state index in [-0.39, 0.29) is 0 Å². The number of unbranched alkanes of at least 4 members (excludes halogenated alkanes) is 1. The molecule has 3 N–H and O–H groups in total. The van der Waals surface area contributed by atoms with Gasteiger partial charge in [0.25, 0.3) is 0 Å². The number of aromatic carboxylic acids is 1. The predicted octanol–water partition coefficient (Wildman–Crippen LogP) is 4.77. The minimum absolute atomic E-state index is 0.338. The van der Waals surface area contributed by atoms with Gasteiger partial charge in [0.15, 0.2) is 0 Å². The number of phenols is 1. The molecule has 0 radical (unpaired) electrons. The number of aryl methyl sites for hydroxylation is 1. The molecule has 1 fully saturated rings. The number of carbonyl (C=O) groups is 1. The Balaban J connectivity index is 1.30. The molecule has 1 aliphatic rings. The highest BCUT2D eigenvalue weighted by atomic mass is 16.4. The van der Waals surface area contributed by atoms with Gasteiger partial charge < -0.3 is 20.1 Å². The van der Waals surface area contributed by atoms with Crippen LogP contribution in [-0.4, -0.2) is 45.7 Å². The summed E-state index contributed by atoms with van der Waals surface area (Å²) in [5.74, 6) is -0.0336. The molecule has 1 aromatic heterocycles. The van der Waals surface area contributed by atoms with E-state index in [1.165, 1.54) is 24.0 Å². The summed E-state index contributed by atoms with van der Waals surface area (Å²) in [6, 6.07) is 12.9. The number of nitrogens with zero attached hydrogens (tertiary/aromatic N) is 1. The zero-order valence-electron chi connectivity index (χ0n) is 16.6. The number of carboxylic acid groups (broad SMARTS) is 1. The van der Waals surface area contributed by atoms with Crippen molar-refractivity contribution >= 4 is 16.9 Å². The van der Waals surface area contributed by atoms with Gasteiger partial charge in [-0.1, -0.05) is 12.1 Å². The van der Waals surface area contributed by atoms with Crippen LogP contribution in [-0.2, 0) is 6.42 Å². The van der Waals surface area contributed by atoms with Gasteiger partial charge in [0.1, 0.15) is 5.75 Å². The van der Waals surface area contributed by atoms with Crippen molar-refractivity contribution in [1.82, 2.24) is 9.88 Å². The molecule has 152 valence electrons. The van der Waals surface area contributed by atoms with Crippen LogP contribution in [0.4, 0.5) is 0 Å².